The summed E-state index contributed by atoms with van der Waals surface area (Å²) in [6.45, 7) is 16.6. The molecule has 0 aliphatic carbocycles. The van der Waals surface area contributed by atoms with Crippen molar-refractivity contribution in [3.8, 4) is 11.8 Å². The van der Waals surface area contributed by atoms with Gasteiger partial charge in [-0.3, -0.25) is 0 Å². The Hall–Kier alpha value is -2.95. The Morgan fingerprint density at radius 2 is 1.62 bits per heavy atom. The third-order valence-electron chi connectivity index (χ3n) is 7.58. The normalized spacial score (nSPS) is 13.1. The van der Waals surface area contributed by atoms with Crippen molar-refractivity contribution in [3.05, 3.63) is 101 Å². The van der Waals surface area contributed by atoms with E-state index in [1.54, 1.807) is 0 Å². The zero-order valence-corrected chi connectivity index (χ0v) is 25.5. The Kier molecular flexibility index (Phi) is 10.1. The number of rotatable bonds is 12. The van der Waals surface area contributed by atoms with E-state index in [1.165, 1.54) is 0 Å². The first kappa shape index (κ1) is 30.6. The maximum absolute atomic E-state index is 10.2. The molecule has 208 valence electrons. The van der Waals surface area contributed by atoms with Crippen molar-refractivity contribution in [1.29, 1.82) is 5.26 Å². The molecular weight excluding hydrogens is 500 g/mol. The highest BCUT2D eigenvalue weighted by Gasteiger charge is 2.39. The average Bonchev–Trinajstić information content (AvgIpc) is 2.89. The molecule has 0 bridgehead atoms. The molecule has 5 nitrogen and oxygen atoms in total. The fourth-order valence-electron chi connectivity index (χ4n) is 4.25. The van der Waals surface area contributed by atoms with E-state index in [0.717, 1.165) is 28.7 Å². The van der Waals surface area contributed by atoms with Gasteiger partial charge in [0.15, 0.2) is 8.32 Å². The second kappa shape index (κ2) is 12.9. The number of aliphatic hydroxyl groups excluding tert-OH is 1. The van der Waals surface area contributed by atoms with Gasteiger partial charge < -0.3 is 19.6 Å². The highest BCUT2D eigenvalue weighted by molar-refractivity contribution is 6.74. The average molecular weight is 545 g/mol. The van der Waals surface area contributed by atoms with Gasteiger partial charge in [-0.1, -0.05) is 69.3 Å². The molecule has 3 rings (SSSR count). The molecule has 0 aliphatic heterocycles. The van der Waals surface area contributed by atoms with Gasteiger partial charge in [-0.15, -0.1) is 0 Å². The Balaban J connectivity index is 1.83. The summed E-state index contributed by atoms with van der Waals surface area (Å²) in [6.07, 6.45) is 0.591. The molecule has 0 amide bonds. The van der Waals surface area contributed by atoms with E-state index in [4.69, 9.17) is 9.16 Å². The monoisotopic (exact) mass is 544 g/mol. The van der Waals surface area contributed by atoms with Crippen LogP contribution in [0.25, 0.3) is 0 Å². The number of nitriles is 1. The summed E-state index contributed by atoms with van der Waals surface area (Å²) in [6, 6.07) is 26.1. The molecule has 0 fully saturated rings. The van der Waals surface area contributed by atoms with Crippen LogP contribution in [0.1, 0.15) is 68.5 Å². The van der Waals surface area contributed by atoms with Crippen LogP contribution in [-0.2, 0) is 24.1 Å². The van der Waals surface area contributed by atoms with Crippen LogP contribution in [0, 0.1) is 11.3 Å². The predicted octanol–water partition coefficient (Wildman–Crippen LogP) is 7.30. The van der Waals surface area contributed by atoms with E-state index >= 15 is 0 Å². The van der Waals surface area contributed by atoms with Crippen LogP contribution in [0.4, 0.5) is 0 Å². The zero-order valence-electron chi connectivity index (χ0n) is 24.5. The van der Waals surface area contributed by atoms with E-state index in [-0.39, 0.29) is 23.3 Å². The summed E-state index contributed by atoms with van der Waals surface area (Å²) < 4.78 is 13.0. The van der Waals surface area contributed by atoms with Crippen LogP contribution >= 0.6 is 0 Å². The van der Waals surface area contributed by atoms with Crippen molar-refractivity contribution >= 4 is 8.32 Å². The van der Waals surface area contributed by atoms with E-state index in [9.17, 15) is 10.4 Å². The molecule has 6 heteroatoms. The zero-order chi connectivity index (χ0) is 28.7. The highest BCUT2D eigenvalue weighted by Crippen LogP contribution is 2.40. The topological polar surface area (TPSA) is 74.5 Å². The number of nitrogens with zero attached hydrogens (tertiary/aromatic N) is 1. The number of nitrogens with one attached hydrogen (secondary N) is 1. The number of benzene rings is 3. The van der Waals surface area contributed by atoms with Crippen LogP contribution in [0.2, 0.25) is 18.1 Å². The van der Waals surface area contributed by atoms with E-state index in [1.807, 2.05) is 60.7 Å². The second-order valence-electron chi connectivity index (χ2n) is 12.4. The molecule has 3 aromatic carbocycles. The Labute approximate surface area is 235 Å². The molecule has 0 saturated heterocycles. The third-order valence-corrected chi connectivity index (χ3v) is 12.1. The minimum atomic E-state index is -2.10. The summed E-state index contributed by atoms with van der Waals surface area (Å²) in [5, 5.41) is 23.3. The fraction of sp³-hybridized carbons (Fsp3) is 0.424. The fourth-order valence-corrected chi connectivity index (χ4v) is 5.54. The van der Waals surface area contributed by atoms with Crippen molar-refractivity contribution in [1.82, 2.24) is 5.32 Å². The lowest BCUT2D eigenvalue weighted by molar-refractivity contribution is 0.166. The maximum Gasteiger partial charge on any atom is 0.192 e. The summed E-state index contributed by atoms with van der Waals surface area (Å²) in [5.74, 6) is 0.682. The van der Waals surface area contributed by atoms with E-state index in [2.05, 4.69) is 71.2 Å². The van der Waals surface area contributed by atoms with Gasteiger partial charge in [0.1, 0.15) is 12.4 Å². The van der Waals surface area contributed by atoms with Gasteiger partial charge in [0, 0.05) is 17.6 Å². The third kappa shape index (κ3) is 8.77. The molecular formula is C33H44N2O3Si. The highest BCUT2D eigenvalue weighted by atomic mass is 28.4. The Morgan fingerprint density at radius 3 is 2.26 bits per heavy atom. The number of hydrogen-bond donors (Lipinski definition) is 2. The molecule has 0 saturated carbocycles. The van der Waals surface area contributed by atoms with Crippen LogP contribution in [0.5, 0.6) is 5.75 Å². The predicted molar refractivity (Wildman–Crippen MR) is 161 cm³/mol. The second-order valence-corrected chi connectivity index (χ2v) is 17.2. The van der Waals surface area contributed by atoms with E-state index < -0.39 is 8.32 Å². The number of aliphatic hydroxyl groups is 1. The van der Waals surface area contributed by atoms with Gasteiger partial charge in [0.25, 0.3) is 0 Å². The summed E-state index contributed by atoms with van der Waals surface area (Å²) >= 11 is 0. The molecule has 3 aromatic rings. The molecule has 0 radical (unpaired) electrons. The van der Waals surface area contributed by atoms with Crippen molar-refractivity contribution in [2.24, 2.45) is 0 Å². The van der Waals surface area contributed by atoms with Crippen LogP contribution in [0.15, 0.2) is 72.8 Å². The van der Waals surface area contributed by atoms with E-state index in [0.29, 0.717) is 24.5 Å². The van der Waals surface area contributed by atoms with Gasteiger partial charge in [-0.05, 0) is 79.4 Å². The molecule has 39 heavy (non-hydrogen) atoms. The Morgan fingerprint density at radius 1 is 0.923 bits per heavy atom. The smallest absolute Gasteiger partial charge is 0.192 e. The molecule has 2 N–H and O–H groups in total. The summed E-state index contributed by atoms with van der Waals surface area (Å²) in [4.78, 5) is 0. The largest absolute Gasteiger partial charge is 0.489 e. The van der Waals surface area contributed by atoms with Crippen LogP contribution < -0.4 is 10.1 Å². The summed E-state index contributed by atoms with van der Waals surface area (Å²) in [7, 11) is -2.10. The lowest BCUT2D eigenvalue weighted by atomic mass is 9.93. The Bertz CT molecular complexity index is 1260. The molecule has 0 aliphatic rings. The minimum Gasteiger partial charge on any atom is -0.489 e. The number of ether oxygens (including phenoxy) is 1. The first-order chi connectivity index (χ1) is 18.3. The van der Waals surface area contributed by atoms with Crippen molar-refractivity contribution in [2.75, 3.05) is 6.54 Å². The standard InChI is InChI=1S/C33H44N2O3Si/c1-32(2,3)39(6,7)38-31(22-35-33(4,5)20-26-14-11-15-27(18-26)21-34)28-16-17-30(29(19-28)23-36)37-24-25-12-9-8-10-13-25/h8-19,31,35-36H,20,22-24H2,1-7H3/t31-/m0/s1. The maximum atomic E-state index is 10.2. The lowest BCUT2D eigenvalue weighted by Gasteiger charge is -2.40. The van der Waals surface area contributed by atoms with Crippen LogP contribution in [-0.4, -0.2) is 25.5 Å². The molecule has 0 aromatic heterocycles. The lowest BCUT2D eigenvalue weighted by Crippen LogP contribution is -2.47. The van der Waals surface area contributed by atoms with Crippen molar-refractivity contribution in [2.45, 2.75) is 84.0 Å². The summed E-state index contributed by atoms with van der Waals surface area (Å²) in [5.41, 5.74) is 4.42. The molecule has 0 heterocycles. The van der Waals surface area contributed by atoms with Gasteiger partial charge in [-0.25, -0.2) is 0 Å². The molecule has 0 spiro atoms. The van der Waals surface area contributed by atoms with Gasteiger partial charge in [0.2, 0.25) is 0 Å². The first-order valence-electron chi connectivity index (χ1n) is 13.7. The first-order valence-corrected chi connectivity index (χ1v) is 16.6. The minimum absolute atomic E-state index is 0.0526. The van der Waals surface area contributed by atoms with Crippen molar-refractivity contribution < 1.29 is 14.3 Å². The number of hydrogen-bond acceptors (Lipinski definition) is 5. The van der Waals surface area contributed by atoms with Crippen molar-refractivity contribution in [3.63, 3.8) is 0 Å². The van der Waals surface area contributed by atoms with Gasteiger partial charge >= 0.3 is 0 Å². The van der Waals surface area contributed by atoms with Gasteiger partial charge in [0.05, 0.1) is 24.3 Å². The van der Waals surface area contributed by atoms with Gasteiger partial charge in [-0.2, -0.15) is 5.26 Å². The molecule has 0 unspecified atom stereocenters. The SMILES string of the molecule is CC(C)(Cc1cccc(C#N)c1)NC[C@H](O[Si](C)(C)C(C)(C)C)c1ccc(OCc2ccccc2)c(CO)c1. The quantitative estimate of drug-likeness (QED) is 0.234. The molecule has 1 atom stereocenters. The van der Waals surface area contributed by atoms with Crippen LogP contribution in [0.3, 0.4) is 0 Å².